The van der Waals surface area contributed by atoms with Crippen molar-refractivity contribution in [2.45, 2.75) is 13.0 Å². The lowest BCUT2D eigenvalue weighted by Crippen LogP contribution is -2.28. The molecule has 0 bridgehead atoms. The Kier molecular flexibility index (Phi) is 5.48. The number of hydrogen-bond acceptors (Lipinski definition) is 7. The van der Waals surface area contributed by atoms with Crippen molar-refractivity contribution in [3.05, 3.63) is 67.4 Å². The molecule has 5 rings (SSSR count). The van der Waals surface area contributed by atoms with Crippen molar-refractivity contribution in [2.75, 3.05) is 26.0 Å². The van der Waals surface area contributed by atoms with Crippen LogP contribution in [0.25, 0.3) is 32.9 Å². The molecule has 0 aliphatic rings. The largest absolute Gasteiger partial charge is 0.489 e. The van der Waals surface area contributed by atoms with Crippen LogP contribution in [0.4, 0.5) is 11.5 Å². The van der Waals surface area contributed by atoms with Crippen LogP contribution in [-0.4, -0.2) is 56.4 Å². The number of benzene rings is 2. The lowest BCUT2D eigenvalue weighted by atomic mass is 10.1. The number of aromatic nitrogens is 5. The molecule has 0 radical (unpaired) electrons. The highest BCUT2D eigenvalue weighted by Gasteiger charge is 2.17. The van der Waals surface area contributed by atoms with Crippen LogP contribution >= 0.6 is 0 Å². The maximum atomic E-state index is 7.74. The molecule has 0 aliphatic carbocycles. The first-order valence-electron chi connectivity index (χ1n) is 11.6. The number of hydrogen-bond donors (Lipinski definition) is 1. The number of anilines is 2. The van der Waals surface area contributed by atoms with E-state index in [1.54, 1.807) is 17.1 Å². The van der Waals surface area contributed by atoms with Gasteiger partial charge in [0, 0.05) is 42.6 Å². The topological polar surface area (TPSA) is 81.0 Å². The minimum absolute atomic E-state index is 0.0452. The first-order valence-corrected chi connectivity index (χ1v) is 11.1. The van der Waals surface area contributed by atoms with Gasteiger partial charge < -0.3 is 15.0 Å². The SMILES string of the molecule is [2H]c1ccc2cc(Nc3ncnc4cc(-c5cnn(C)c5)cc(O[C@H](C)CN(C)C)c34)ccc2n1. The molecule has 1 N–H and O–H groups in total. The van der Waals surface area contributed by atoms with Gasteiger partial charge in [0.15, 0.2) is 0 Å². The van der Waals surface area contributed by atoms with Gasteiger partial charge >= 0.3 is 0 Å². The summed E-state index contributed by atoms with van der Waals surface area (Å²) in [6.45, 7) is 2.82. The second-order valence-electron chi connectivity index (χ2n) is 8.66. The molecule has 0 aliphatic heterocycles. The number of nitrogens with one attached hydrogen (secondary N) is 1. The molecule has 1 atom stereocenters. The highest BCUT2D eigenvalue weighted by molar-refractivity contribution is 5.99. The average molecular weight is 455 g/mol. The van der Waals surface area contributed by atoms with Crippen molar-refractivity contribution in [1.29, 1.82) is 0 Å². The third kappa shape index (κ3) is 4.53. The zero-order valence-corrected chi connectivity index (χ0v) is 19.6. The molecule has 34 heavy (non-hydrogen) atoms. The van der Waals surface area contributed by atoms with E-state index >= 15 is 0 Å². The molecule has 8 heteroatoms. The molecule has 0 fully saturated rings. The monoisotopic (exact) mass is 454 g/mol. The molecule has 2 aromatic carbocycles. The predicted molar refractivity (Wildman–Crippen MR) is 135 cm³/mol. The van der Waals surface area contributed by atoms with Gasteiger partial charge in [0.1, 0.15) is 24.0 Å². The van der Waals surface area contributed by atoms with Crippen LogP contribution in [0.3, 0.4) is 0 Å². The summed E-state index contributed by atoms with van der Waals surface area (Å²) in [6, 6.07) is 13.5. The lowest BCUT2D eigenvalue weighted by molar-refractivity contribution is 0.179. The van der Waals surface area contributed by atoms with Gasteiger partial charge in [-0.25, -0.2) is 9.97 Å². The summed E-state index contributed by atoms with van der Waals surface area (Å²) in [5.41, 5.74) is 4.38. The molecule has 172 valence electrons. The Balaban J connectivity index is 1.60. The first kappa shape index (κ1) is 20.6. The van der Waals surface area contributed by atoms with Crippen LogP contribution in [0.1, 0.15) is 8.29 Å². The molecule has 0 amide bonds. The number of pyridine rings is 1. The van der Waals surface area contributed by atoms with Crippen LogP contribution in [0.5, 0.6) is 5.75 Å². The number of nitrogens with zero attached hydrogens (tertiary/aromatic N) is 6. The van der Waals surface area contributed by atoms with E-state index in [4.69, 9.17) is 6.11 Å². The van der Waals surface area contributed by atoms with Gasteiger partial charge in [-0.1, -0.05) is 6.07 Å². The van der Waals surface area contributed by atoms with Crippen molar-refractivity contribution in [1.82, 2.24) is 29.6 Å². The van der Waals surface area contributed by atoms with E-state index in [1.165, 1.54) is 0 Å². The van der Waals surface area contributed by atoms with E-state index < -0.39 is 0 Å². The molecule has 8 nitrogen and oxygen atoms in total. The van der Waals surface area contributed by atoms with E-state index in [0.717, 1.165) is 45.2 Å². The molecule has 0 spiro atoms. The van der Waals surface area contributed by atoms with Crippen LogP contribution in [0.15, 0.2) is 67.4 Å². The van der Waals surface area contributed by atoms with Gasteiger partial charge in [-0.15, -0.1) is 0 Å². The molecular formula is C26H27N7O. The Morgan fingerprint density at radius 1 is 1.09 bits per heavy atom. The summed E-state index contributed by atoms with van der Waals surface area (Å²) in [4.78, 5) is 15.5. The minimum atomic E-state index is -0.0452. The quantitative estimate of drug-likeness (QED) is 0.383. The number of aryl methyl sites for hydroxylation is 1. The summed E-state index contributed by atoms with van der Waals surface area (Å²) in [5.74, 6) is 1.37. The van der Waals surface area contributed by atoms with Gasteiger partial charge in [0.25, 0.3) is 0 Å². The van der Waals surface area contributed by atoms with Crippen LogP contribution in [0.2, 0.25) is 0 Å². The molecule has 0 unspecified atom stereocenters. The lowest BCUT2D eigenvalue weighted by Gasteiger charge is -2.21. The number of fused-ring (bicyclic) bond motifs is 2. The van der Waals surface area contributed by atoms with Crippen LogP contribution in [-0.2, 0) is 7.05 Å². The summed E-state index contributed by atoms with van der Waals surface area (Å²) < 4.78 is 16.0. The number of rotatable bonds is 7. The standard InChI is InChI=1S/C26H27N7O/c1-17(14-32(2)3)34-24-12-19(20-13-30-33(4)15-20)11-23-25(24)26(29-16-28-23)31-21-7-8-22-18(10-21)6-5-9-27-22/h5-13,15-17H,14H2,1-4H3,(H,28,29,31)/t17-/m1/s1/i9D. The maximum Gasteiger partial charge on any atom is 0.145 e. The van der Waals surface area contributed by atoms with Crippen molar-refractivity contribution < 1.29 is 6.11 Å². The second kappa shape index (κ2) is 9.07. The Morgan fingerprint density at radius 3 is 2.76 bits per heavy atom. The zero-order chi connectivity index (χ0) is 24.5. The fourth-order valence-electron chi connectivity index (χ4n) is 4.09. The summed E-state index contributed by atoms with van der Waals surface area (Å²) in [7, 11) is 5.95. The molecule has 3 aromatic heterocycles. The predicted octanol–water partition coefficient (Wildman–Crippen LogP) is 4.65. The van der Waals surface area contributed by atoms with Crippen LogP contribution < -0.4 is 10.1 Å². The van der Waals surface area contributed by atoms with E-state index in [0.29, 0.717) is 11.6 Å². The molecule has 0 saturated heterocycles. The van der Waals surface area contributed by atoms with E-state index in [2.05, 4.69) is 37.2 Å². The van der Waals surface area contributed by atoms with Gasteiger partial charge in [0.2, 0.25) is 0 Å². The van der Waals surface area contributed by atoms with Crippen molar-refractivity contribution >= 4 is 33.3 Å². The number of ether oxygens (including phenoxy) is 1. The number of likely N-dealkylation sites (N-methyl/N-ethyl adjacent to an activating group) is 1. The summed E-state index contributed by atoms with van der Waals surface area (Å²) in [5, 5.41) is 9.51. The maximum absolute atomic E-state index is 7.74. The summed E-state index contributed by atoms with van der Waals surface area (Å²) in [6.07, 6.45) is 5.56. The van der Waals surface area contributed by atoms with Gasteiger partial charge in [-0.3, -0.25) is 9.67 Å². The Bertz CT molecular complexity index is 1510. The van der Waals surface area contributed by atoms with Gasteiger partial charge in [-0.05, 0) is 63.0 Å². The highest BCUT2D eigenvalue weighted by Crippen LogP contribution is 2.37. The molecule has 5 aromatic rings. The summed E-state index contributed by atoms with van der Waals surface area (Å²) >= 11 is 0. The second-order valence-corrected chi connectivity index (χ2v) is 8.66. The van der Waals surface area contributed by atoms with Crippen LogP contribution in [0, 0.1) is 0 Å². The normalized spacial score (nSPS) is 12.8. The fraction of sp³-hybridized carbons (Fsp3) is 0.231. The first-order chi connectivity index (χ1) is 16.9. The smallest absolute Gasteiger partial charge is 0.145 e. The van der Waals surface area contributed by atoms with Gasteiger partial charge in [-0.2, -0.15) is 5.10 Å². The third-order valence-electron chi connectivity index (χ3n) is 5.50. The highest BCUT2D eigenvalue weighted by atomic mass is 16.5. The van der Waals surface area contributed by atoms with E-state index in [9.17, 15) is 0 Å². The molecule has 0 saturated carbocycles. The zero-order valence-electron chi connectivity index (χ0n) is 20.6. The van der Waals surface area contributed by atoms with E-state index in [1.807, 2.05) is 69.9 Å². The van der Waals surface area contributed by atoms with Crippen molar-refractivity contribution in [2.24, 2.45) is 7.05 Å². The van der Waals surface area contributed by atoms with Crippen molar-refractivity contribution in [3.8, 4) is 16.9 Å². The Labute approximate surface area is 199 Å². The van der Waals surface area contributed by atoms with Crippen molar-refractivity contribution in [3.63, 3.8) is 0 Å². The molecular weight excluding hydrogens is 426 g/mol. The Morgan fingerprint density at radius 2 is 1.97 bits per heavy atom. The Hall–Kier alpha value is -4.04. The van der Waals surface area contributed by atoms with Gasteiger partial charge in [0.05, 0.1) is 24.0 Å². The minimum Gasteiger partial charge on any atom is -0.489 e. The van der Waals surface area contributed by atoms with E-state index in [-0.39, 0.29) is 12.3 Å². The molecule has 3 heterocycles. The fourth-order valence-corrected chi connectivity index (χ4v) is 4.09. The average Bonchev–Trinajstić information content (AvgIpc) is 3.25. The third-order valence-corrected chi connectivity index (χ3v) is 5.50.